The first-order chi connectivity index (χ1) is 10.2. The molecular formula is C15H28N2O5. The molecule has 0 aliphatic heterocycles. The van der Waals surface area contributed by atoms with Crippen molar-refractivity contribution in [2.24, 2.45) is 0 Å². The molecule has 0 heterocycles. The first-order valence-electron chi connectivity index (χ1n) is 7.63. The van der Waals surface area contributed by atoms with Crippen LogP contribution in [0.25, 0.3) is 0 Å². The molecule has 22 heavy (non-hydrogen) atoms. The van der Waals surface area contributed by atoms with Crippen molar-refractivity contribution in [1.82, 2.24) is 10.6 Å². The highest BCUT2D eigenvalue weighted by atomic mass is 16.6. The second-order valence-electron chi connectivity index (χ2n) is 5.82. The van der Waals surface area contributed by atoms with E-state index in [1.807, 2.05) is 0 Å². The topological polar surface area (TPSA) is 93.7 Å². The molecule has 0 aromatic heterocycles. The molecule has 0 bridgehead atoms. The minimum Gasteiger partial charge on any atom is -0.466 e. The molecule has 2 N–H and O–H groups in total. The van der Waals surface area contributed by atoms with Crippen molar-refractivity contribution in [3.05, 3.63) is 0 Å². The van der Waals surface area contributed by atoms with Gasteiger partial charge < -0.3 is 20.1 Å². The fourth-order valence-corrected chi connectivity index (χ4v) is 1.56. The van der Waals surface area contributed by atoms with E-state index in [4.69, 9.17) is 9.47 Å². The molecule has 7 nitrogen and oxygen atoms in total. The quantitative estimate of drug-likeness (QED) is 0.499. The van der Waals surface area contributed by atoms with Gasteiger partial charge in [0, 0.05) is 13.0 Å². The molecule has 2 amide bonds. The van der Waals surface area contributed by atoms with Crippen LogP contribution >= 0.6 is 0 Å². The summed E-state index contributed by atoms with van der Waals surface area (Å²) in [5.74, 6) is -0.454. The molecule has 0 fully saturated rings. The summed E-state index contributed by atoms with van der Waals surface area (Å²) in [7, 11) is 0. The SMILES string of the molecule is CCOC(=O)CCCCCNC(=O)CNC(=O)OC(C)(C)C. The Balaban J connectivity index is 3.54. The summed E-state index contributed by atoms with van der Waals surface area (Å²) in [6, 6.07) is 0. The highest BCUT2D eigenvalue weighted by molar-refractivity contribution is 5.82. The normalized spacial score (nSPS) is 10.7. The molecular weight excluding hydrogens is 288 g/mol. The van der Waals surface area contributed by atoms with Gasteiger partial charge in [-0.3, -0.25) is 9.59 Å². The maximum absolute atomic E-state index is 11.5. The van der Waals surface area contributed by atoms with E-state index >= 15 is 0 Å². The number of alkyl carbamates (subject to hydrolysis) is 1. The van der Waals surface area contributed by atoms with Crippen LogP contribution in [0.3, 0.4) is 0 Å². The molecule has 0 saturated carbocycles. The van der Waals surface area contributed by atoms with E-state index < -0.39 is 11.7 Å². The standard InChI is InChI=1S/C15H28N2O5/c1-5-21-13(19)9-7-6-8-10-16-12(18)11-17-14(20)22-15(2,3)4/h5-11H2,1-4H3,(H,16,18)(H,17,20). The second kappa shape index (κ2) is 10.9. The zero-order chi connectivity index (χ0) is 17.0. The van der Waals surface area contributed by atoms with Crippen LogP contribution in [0.1, 0.15) is 53.4 Å². The van der Waals surface area contributed by atoms with Crippen LogP contribution in [0.5, 0.6) is 0 Å². The molecule has 7 heteroatoms. The van der Waals surface area contributed by atoms with Crippen LogP contribution < -0.4 is 10.6 Å². The van der Waals surface area contributed by atoms with Crippen molar-refractivity contribution in [2.45, 2.75) is 59.0 Å². The van der Waals surface area contributed by atoms with E-state index in [0.29, 0.717) is 19.6 Å². The van der Waals surface area contributed by atoms with Gasteiger partial charge in [-0.05, 0) is 40.5 Å². The maximum atomic E-state index is 11.5. The van der Waals surface area contributed by atoms with Gasteiger partial charge in [-0.2, -0.15) is 0 Å². The number of carbonyl (C=O) groups is 3. The van der Waals surface area contributed by atoms with Gasteiger partial charge in [0.05, 0.1) is 13.2 Å². The fraction of sp³-hybridized carbons (Fsp3) is 0.800. The Morgan fingerprint density at radius 2 is 1.68 bits per heavy atom. The van der Waals surface area contributed by atoms with Crippen molar-refractivity contribution in [3.63, 3.8) is 0 Å². The third-order valence-corrected chi connectivity index (χ3v) is 2.48. The van der Waals surface area contributed by atoms with E-state index in [2.05, 4.69) is 10.6 Å². The summed E-state index contributed by atoms with van der Waals surface area (Å²) < 4.78 is 9.83. The number of hydrogen-bond donors (Lipinski definition) is 2. The van der Waals surface area contributed by atoms with E-state index in [-0.39, 0.29) is 18.4 Å². The smallest absolute Gasteiger partial charge is 0.408 e. The summed E-state index contributed by atoms with van der Waals surface area (Å²) in [6.07, 6.45) is 2.14. The average molecular weight is 316 g/mol. The molecule has 128 valence electrons. The predicted molar refractivity (Wildman–Crippen MR) is 82.3 cm³/mol. The van der Waals surface area contributed by atoms with Crippen LogP contribution in [0.2, 0.25) is 0 Å². The number of ether oxygens (including phenoxy) is 2. The molecule has 0 aliphatic rings. The first kappa shape index (κ1) is 20.2. The molecule has 0 radical (unpaired) electrons. The van der Waals surface area contributed by atoms with Crippen molar-refractivity contribution in [3.8, 4) is 0 Å². The van der Waals surface area contributed by atoms with Crippen LogP contribution in [0, 0.1) is 0 Å². The maximum Gasteiger partial charge on any atom is 0.408 e. The molecule has 0 atom stereocenters. The van der Waals surface area contributed by atoms with Gasteiger partial charge in [0.2, 0.25) is 5.91 Å². The van der Waals surface area contributed by atoms with Gasteiger partial charge in [0.25, 0.3) is 0 Å². The highest BCUT2D eigenvalue weighted by Crippen LogP contribution is 2.06. The Morgan fingerprint density at radius 1 is 1.00 bits per heavy atom. The molecule has 0 spiro atoms. The van der Waals surface area contributed by atoms with Gasteiger partial charge in [0.1, 0.15) is 5.60 Å². The lowest BCUT2D eigenvalue weighted by Crippen LogP contribution is -2.39. The molecule has 0 unspecified atom stereocenters. The summed E-state index contributed by atoms with van der Waals surface area (Å²) in [4.78, 5) is 33.9. The lowest BCUT2D eigenvalue weighted by molar-refractivity contribution is -0.143. The lowest BCUT2D eigenvalue weighted by Gasteiger charge is -2.19. The van der Waals surface area contributed by atoms with Gasteiger partial charge in [0.15, 0.2) is 0 Å². The highest BCUT2D eigenvalue weighted by Gasteiger charge is 2.16. The number of hydrogen-bond acceptors (Lipinski definition) is 5. The van der Waals surface area contributed by atoms with Gasteiger partial charge >= 0.3 is 12.1 Å². The number of unbranched alkanes of at least 4 members (excludes halogenated alkanes) is 2. The Labute approximate surface area is 132 Å². The summed E-state index contributed by atoms with van der Waals surface area (Å²) in [5, 5.41) is 5.07. The van der Waals surface area contributed by atoms with Crippen molar-refractivity contribution < 1.29 is 23.9 Å². The molecule has 0 rings (SSSR count). The van der Waals surface area contributed by atoms with Gasteiger partial charge in [-0.1, -0.05) is 6.42 Å². The van der Waals surface area contributed by atoms with Crippen molar-refractivity contribution in [2.75, 3.05) is 19.7 Å². The van der Waals surface area contributed by atoms with Gasteiger partial charge in [-0.15, -0.1) is 0 Å². The Bertz CT molecular complexity index is 363. The Kier molecular flexibility index (Phi) is 9.98. The average Bonchev–Trinajstić information content (AvgIpc) is 2.38. The van der Waals surface area contributed by atoms with E-state index in [9.17, 15) is 14.4 Å². The number of rotatable bonds is 9. The minimum atomic E-state index is -0.614. The molecule has 0 aliphatic carbocycles. The minimum absolute atomic E-state index is 0.113. The van der Waals surface area contributed by atoms with E-state index in [1.165, 1.54) is 0 Å². The van der Waals surface area contributed by atoms with Crippen LogP contribution in [0.15, 0.2) is 0 Å². The van der Waals surface area contributed by atoms with Crippen LogP contribution in [-0.4, -0.2) is 43.3 Å². The Hall–Kier alpha value is -1.79. The lowest BCUT2D eigenvalue weighted by atomic mass is 10.2. The number of esters is 1. The third-order valence-electron chi connectivity index (χ3n) is 2.48. The van der Waals surface area contributed by atoms with Crippen molar-refractivity contribution in [1.29, 1.82) is 0 Å². The number of nitrogens with one attached hydrogen (secondary N) is 2. The van der Waals surface area contributed by atoms with Crippen molar-refractivity contribution >= 4 is 18.0 Å². The third kappa shape index (κ3) is 13.2. The predicted octanol–water partition coefficient (Wildman–Crippen LogP) is 1.75. The molecule has 0 aromatic carbocycles. The molecule has 0 saturated heterocycles. The first-order valence-corrected chi connectivity index (χ1v) is 7.63. The summed E-state index contributed by atoms with van der Waals surface area (Å²) in [5.41, 5.74) is -0.584. The van der Waals surface area contributed by atoms with E-state index in [0.717, 1.165) is 19.3 Å². The monoisotopic (exact) mass is 316 g/mol. The molecule has 0 aromatic rings. The fourth-order valence-electron chi connectivity index (χ4n) is 1.56. The zero-order valence-corrected chi connectivity index (χ0v) is 14.0. The second-order valence-corrected chi connectivity index (χ2v) is 5.82. The summed E-state index contributed by atoms with van der Waals surface area (Å²) >= 11 is 0. The largest absolute Gasteiger partial charge is 0.466 e. The van der Waals surface area contributed by atoms with E-state index in [1.54, 1.807) is 27.7 Å². The zero-order valence-electron chi connectivity index (χ0n) is 14.0. The van der Waals surface area contributed by atoms with Crippen LogP contribution in [0.4, 0.5) is 4.79 Å². The number of carbonyl (C=O) groups excluding carboxylic acids is 3. The van der Waals surface area contributed by atoms with Crippen LogP contribution in [-0.2, 0) is 19.1 Å². The van der Waals surface area contributed by atoms with Gasteiger partial charge in [-0.25, -0.2) is 4.79 Å². The summed E-state index contributed by atoms with van der Waals surface area (Å²) in [6.45, 7) is 7.84. The number of amides is 2. The Morgan fingerprint density at radius 3 is 2.27 bits per heavy atom.